The molecule has 2 heterocycles. The predicted octanol–water partition coefficient (Wildman–Crippen LogP) is 3.44. The quantitative estimate of drug-likeness (QED) is 0.804. The lowest BCUT2D eigenvalue weighted by atomic mass is 10.2. The number of amides is 1. The van der Waals surface area contributed by atoms with Crippen molar-refractivity contribution in [1.82, 2.24) is 15.0 Å². The van der Waals surface area contributed by atoms with Crippen LogP contribution in [0.1, 0.15) is 10.4 Å². The number of hydrogen-bond acceptors (Lipinski definition) is 4. The second kappa shape index (κ2) is 6.32. The number of aromatic nitrogens is 3. The largest absolute Gasteiger partial charge is 0.290 e. The third-order valence-corrected chi connectivity index (χ3v) is 3.16. The number of halogens is 1. The molecule has 6 heteroatoms. The third-order valence-electron chi connectivity index (χ3n) is 2.92. The maximum absolute atomic E-state index is 12.1. The van der Waals surface area contributed by atoms with E-state index in [0.717, 1.165) is 11.3 Å². The van der Waals surface area contributed by atoms with Crippen molar-refractivity contribution in [2.45, 2.75) is 0 Å². The molecule has 0 unspecified atom stereocenters. The van der Waals surface area contributed by atoms with E-state index in [1.54, 1.807) is 42.9 Å². The highest BCUT2D eigenvalue weighted by atomic mass is 35.5. The van der Waals surface area contributed by atoms with Gasteiger partial charge in [-0.15, -0.1) is 0 Å². The van der Waals surface area contributed by atoms with Gasteiger partial charge in [-0.25, -0.2) is 9.97 Å². The molecular formula is C16H11ClN4O. The second-order valence-corrected chi connectivity index (χ2v) is 4.91. The standard InChI is InChI=1S/C16H11ClN4O/c17-13-5-3-4-11(8-13)15(22)21-16-19-9-12(10-20-16)14-6-1-2-7-18-14/h1-10H,(H,19,20,21,22). The van der Waals surface area contributed by atoms with Gasteiger partial charge in [0.25, 0.3) is 5.91 Å². The molecule has 0 fully saturated rings. The Hall–Kier alpha value is -2.79. The molecule has 1 aromatic carbocycles. The first-order chi connectivity index (χ1) is 10.7. The molecule has 0 saturated carbocycles. The fraction of sp³-hybridized carbons (Fsp3) is 0. The highest BCUT2D eigenvalue weighted by Crippen LogP contribution is 2.15. The zero-order valence-electron chi connectivity index (χ0n) is 11.4. The van der Waals surface area contributed by atoms with Gasteiger partial charge in [-0.3, -0.25) is 15.1 Å². The Morgan fingerprint density at radius 2 is 1.82 bits per heavy atom. The van der Waals surface area contributed by atoms with Crippen molar-refractivity contribution in [3.63, 3.8) is 0 Å². The van der Waals surface area contributed by atoms with E-state index in [1.807, 2.05) is 18.2 Å². The second-order valence-electron chi connectivity index (χ2n) is 4.47. The van der Waals surface area contributed by atoms with Crippen molar-refractivity contribution in [3.8, 4) is 11.3 Å². The lowest BCUT2D eigenvalue weighted by Gasteiger charge is -2.05. The van der Waals surface area contributed by atoms with Gasteiger partial charge in [-0.05, 0) is 30.3 Å². The van der Waals surface area contributed by atoms with Gasteiger partial charge in [0.2, 0.25) is 5.95 Å². The van der Waals surface area contributed by atoms with Crippen LogP contribution in [0.3, 0.4) is 0 Å². The number of benzene rings is 1. The van der Waals surface area contributed by atoms with Crippen molar-refractivity contribution < 1.29 is 4.79 Å². The van der Waals surface area contributed by atoms with Crippen LogP contribution in [0.4, 0.5) is 5.95 Å². The summed E-state index contributed by atoms with van der Waals surface area (Å²) < 4.78 is 0. The molecule has 1 amide bonds. The maximum atomic E-state index is 12.1. The molecule has 0 aliphatic heterocycles. The van der Waals surface area contributed by atoms with E-state index in [4.69, 9.17) is 11.6 Å². The van der Waals surface area contributed by atoms with Gasteiger partial charge < -0.3 is 0 Å². The number of carbonyl (C=O) groups is 1. The number of nitrogens with one attached hydrogen (secondary N) is 1. The Bertz CT molecular complexity index is 791. The van der Waals surface area contributed by atoms with Gasteiger partial charge >= 0.3 is 0 Å². The average molecular weight is 311 g/mol. The normalized spacial score (nSPS) is 10.2. The summed E-state index contributed by atoms with van der Waals surface area (Å²) in [6, 6.07) is 12.3. The number of carbonyl (C=O) groups excluding carboxylic acids is 1. The van der Waals surface area contributed by atoms with Crippen LogP contribution in [0.15, 0.2) is 61.1 Å². The highest BCUT2D eigenvalue weighted by molar-refractivity contribution is 6.31. The zero-order valence-corrected chi connectivity index (χ0v) is 12.2. The molecule has 0 radical (unpaired) electrons. The summed E-state index contributed by atoms with van der Waals surface area (Å²) in [5.74, 6) is -0.0854. The first kappa shape index (κ1) is 14.2. The summed E-state index contributed by atoms with van der Waals surface area (Å²) in [7, 11) is 0. The molecule has 0 aliphatic carbocycles. The van der Waals surface area contributed by atoms with Crippen molar-refractivity contribution in [1.29, 1.82) is 0 Å². The molecule has 3 aromatic rings. The van der Waals surface area contributed by atoms with Crippen molar-refractivity contribution in [2.75, 3.05) is 5.32 Å². The molecule has 0 aliphatic rings. The van der Waals surface area contributed by atoms with E-state index in [0.29, 0.717) is 10.6 Å². The van der Waals surface area contributed by atoms with Crippen LogP contribution in [0, 0.1) is 0 Å². The molecule has 0 atom stereocenters. The minimum atomic E-state index is -0.312. The van der Waals surface area contributed by atoms with Gasteiger partial charge in [0, 0.05) is 34.7 Å². The van der Waals surface area contributed by atoms with Crippen molar-refractivity contribution in [2.24, 2.45) is 0 Å². The summed E-state index contributed by atoms with van der Waals surface area (Å²) >= 11 is 5.86. The van der Waals surface area contributed by atoms with Crippen LogP contribution in [0.25, 0.3) is 11.3 Å². The van der Waals surface area contributed by atoms with Crippen LogP contribution < -0.4 is 5.32 Å². The third kappa shape index (κ3) is 3.27. The summed E-state index contributed by atoms with van der Waals surface area (Å²) in [5.41, 5.74) is 2.00. The lowest BCUT2D eigenvalue weighted by Crippen LogP contribution is -2.14. The summed E-state index contributed by atoms with van der Waals surface area (Å²) in [5, 5.41) is 3.12. The zero-order chi connectivity index (χ0) is 15.4. The molecule has 22 heavy (non-hydrogen) atoms. The lowest BCUT2D eigenvalue weighted by molar-refractivity contribution is 0.102. The molecular weight excluding hydrogens is 300 g/mol. The predicted molar refractivity (Wildman–Crippen MR) is 84.7 cm³/mol. The van der Waals surface area contributed by atoms with Crippen LogP contribution >= 0.6 is 11.6 Å². The minimum absolute atomic E-state index is 0.227. The van der Waals surface area contributed by atoms with Crippen LogP contribution in [0.2, 0.25) is 5.02 Å². The van der Waals surface area contributed by atoms with E-state index in [2.05, 4.69) is 20.3 Å². The van der Waals surface area contributed by atoms with Gasteiger partial charge in [0.05, 0.1) is 5.69 Å². The Balaban J connectivity index is 1.75. The van der Waals surface area contributed by atoms with Gasteiger partial charge in [-0.2, -0.15) is 0 Å². The Morgan fingerprint density at radius 1 is 1.00 bits per heavy atom. The topological polar surface area (TPSA) is 67.8 Å². The number of hydrogen-bond donors (Lipinski definition) is 1. The Kier molecular flexibility index (Phi) is 4.07. The summed E-state index contributed by atoms with van der Waals surface area (Å²) in [4.78, 5) is 24.5. The van der Waals surface area contributed by atoms with Crippen LogP contribution in [-0.2, 0) is 0 Å². The smallest absolute Gasteiger partial charge is 0.258 e. The van der Waals surface area contributed by atoms with Crippen molar-refractivity contribution in [3.05, 3.63) is 71.6 Å². The average Bonchev–Trinajstić information content (AvgIpc) is 2.56. The van der Waals surface area contributed by atoms with Crippen LogP contribution in [0.5, 0.6) is 0 Å². The number of anilines is 1. The first-order valence-electron chi connectivity index (χ1n) is 6.53. The molecule has 1 N–H and O–H groups in total. The molecule has 0 bridgehead atoms. The van der Waals surface area contributed by atoms with Gasteiger partial charge in [0.1, 0.15) is 0 Å². The molecule has 108 valence electrons. The number of rotatable bonds is 3. The monoisotopic (exact) mass is 310 g/mol. The Morgan fingerprint density at radius 3 is 2.50 bits per heavy atom. The molecule has 5 nitrogen and oxygen atoms in total. The summed E-state index contributed by atoms with van der Waals surface area (Å²) in [6.07, 6.45) is 4.93. The summed E-state index contributed by atoms with van der Waals surface area (Å²) in [6.45, 7) is 0. The number of pyridine rings is 1. The molecule has 3 rings (SSSR count). The van der Waals surface area contributed by atoms with E-state index < -0.39 is 0 Å². The fourth-order valence-corrected chi connectivity index (χ4v) is 2.05. The first-order valence-corrected chi connectivity index (χ1v) is 6.90. The molecule has 2 aromatic heterocycles. The van der Waals surface area contributed by atoms with Crippen molar-refractivity contribution >= 4 is 23.5 Å². The van der Waals surface area contributed by atoms with E-state index in [-0.39, 0.29) is 11.9 Å². The minimum Gasteiger partial charge on any atom is -0.290 e. The van der Waals surface area contributed by atoms with E-state index in [1.165, 1.54) is 0 Å². The Labute approximate surface area is 132 Å². The van der Waals surface area contributed by atoms with E-state index in [9.17, 15) is 4.79 Å². The number of nitrogens with zero attached hydrogens (tertiary/aromatic N) is 3. The fourth-order valence-electron chi connectivity index (χ4n) is 1.86. The highest BCUT2D eigenvalue weighted by Gasteiger charge is 2.08. The van der Waals surface area contributed by atoms with E-state index >= 15 is 0 Å². The molecule has 0 spiro atoms. The van der Waals surface area contributed by atoms with Crippen LogP contribution in [-0.4, -0.2) is 20.9 Å². The maximum Gasteiger partial charge on any atom is 0.258 e. The van der Waals surface area contributed by atoms with Gasteiger partial charge in [-0.1, -0.05) is 23.7 Å². The molecule has 0 saturated heterocycles. The SMILES string of the molecule is O=C(Nc1ncc(-c2ccccn2)cn1)c1cccc(Cl)c1. The van der Waals surface area contributed by atoms with Gasteiger partial charge in [0.15, 0.2) is 0 Å².